The first kappa shape index (κ1) is 9.38. The summed E-state index contributed by atoms with van der Waals surface area (Å²) in [4.78, 5) is 11.0. The SMILES string of the molecule is CC(=O)C1CC(c2ccccc2F)C1. The maximum atomic E-state index is 13.3. The first-order chi connectivity index (χ1) is 6.68. The number of Topliss-reactive ketones (excluding diaryl/α,β-unsaturated/α-hetero) is 1. The number of halogens is 1. The van der Waals surface area contributed by atoms with E-state index in [1.54, 1.807) is 13.0 Å². The number of carbonyl (C=O) groups is 1. The van der Waals surface area contributed by atoms with E-state index in [9.17, 15) is 9.18 Å². The molecule has 0 radical (unpaired) electrons. The van der Waals surface area contributed by atoms with E-state index in [4.69, 9.17) is 0 Å². The summed E-state index contributed by atoms with van der Waals surface area (Å²) in [6.45, 7) is 1.61. The van der Waals surface area contributed by atoms with Crippen molar-refractivity contribution in [3.8, 4) is 0 Å². The summed E-state index contributed by atoms with van der Waals surface area (Å²) in [5, 5.41) is 0. The van der Waals surface area contributed by atoms with E-state index < -0.39 is 0 Å². The first-order valence-corrected chi connectivity index (χ1v) is 4.93. The van der Waals surface area contributed by atoms with Crippen LogP contribution in [0.15, 0.2) is 24.3 Å². The van der Waals surface area contributed by atoms with Crippen molar-refractivity contribution in [1.29, 1.82) is 0 Å². The lowest BCUT2D eigenvalue weighted by atomic mass is 9.70. The normalized spacial score (nSPS) is 25.6. The standard InChI is InChI=1S/C12H13FO/c1-8(14)9-6-10(7-9)11-4-2-3-5-12(11)13/h2-5,9-10H,6-7H2,1H3. The molecule has 1 aliphatic rings. The highest BCUT2D eigenvalue weighted by atomic mass is 19.1. The highest BCUT2D eigenvalue weighted by molar-refractivity contribution is 5.79. The van der Waals surface area contributed by atoms with Crippen molar-refractivity contribution in [2.75, 3.05) is 0 Å². The van der Waals surface area contributed by atoms with Crippen LogP contribution in [0.3, 0.4) is 0 Å². The van der Waals surface area contributed by atoms with Crippen molar-refractivity contribution in [3.63, 3.8) is 0 Å². The highest BCUT2D eigenvalue weighted by Crippen LogP contribution is 2.42. The molecule has 0 bridgehead atoms. The predicted octanol–water partition coefficient (Wildman–Crippen LogP) is 2.91. The number of ketones is 1. The van der Waals surface area contributed by atoms with Crippen LogP contribution in [0.4, 0.5) is 4.39 Å². The van der Waals surface area contributed by atoms with Crippen molar-refractivity contribution < 1.29 is 9.18 Å². The Labute approximate surface area is 82.9 Å². The molecule has 0 amide bonds. The fraction of sp³-hybridized carbons (Fsp3) is 0.417. The Balaban J connectivity index is 2.07. The molecule has 0 unspecified atom stereocenters. The Kier molecular flexibility index (Phi) is 2.36. The van der Waals surface area contributed by atoms with Crippen molar-refractivity contribution in [1.82, 2.24) is 0 Å². The third-order valence-corrected chi connectivity index (χ3v) is 3.06. The van der Waals surface area contributed by atoms with Gasteiger partial charge in [-0.1, -0.05) is 18.2 Å². The lowest BCUT2D eigenvalue weighted by Gasteiger charge is -2.34. The summed E-state index contributed by atoms with van der Waals surface area (Å²) in [7, 11) is 0. The third kappa shape index (κ3) is 1.57. The molecule has 1 aromatic carbocycles. The van der Waals surface area contributed by atoms with Crippen molar-refractivity contribution in [2.24, 2.45) is 5.92 Å². The number of hydrogen-bond acceptors (Lipinski definition) is 1. The second kappa shape index (κ2) is 3.52. The van der Waals surface area contributed by atoms with Gasteiger partial charge in [0.25, 0.3) is 0 Å². The second-order valence-corrected chi connectivity index (χ2v) is 4.00. The number of carbonyl (C=O) groups excluding carboxylic acids is 1. The summed E-state index contributed by atoms with van der Waals surface area (Å²) in [6, 6.07) is 6.84. The van der Waals surface area contributed by atoms with E-state index in [-0.39, 0.29) is 23.4 Å². The Morgan fingerprint density at radius 1 is 1.36 bits per heavy atom. The fourth-order valence-corrected chi connectivity index (χ4v) is 2.01. The summed E-state index contributed by atoms with van der Waals surface area (Å²) < 4.78 is 13.3. The molecule has 1 saturated carbocycles. The van der Waals surface area contributed by atoms with Gasteiger partial charge in [-0.15, -0.1) is 0 Å². The molecular formula is C12H13FO. The quantitative estimate of drug-likeness (QED) is 0.704. The maximum absolute atomic E-state index is 13.3. The van der Waals surface area contributed by atoms with Crippen molar-refractivity contribution in [3.05, 3.63) is 35.6 Å². The average molecular weight is 192 g/mol. The van der Waals surface area contributed by atoms with Crippen LogP contribution in [-0.4, -0.2) is 5.78 Å². The Hall–Kier alpha value is -1.18. The van der Waals surface area contributed by atoms with Gasteiger partial charge in [0.05, 0.1) is 0 Å². The molecule has 2 heteroatoms. The molecule has 0 spiro atoms. The zero-order valence-corrected chi connectivity index (χ0v) is 8.16. The van der Waals surface area contributed by atoms with Crippen LogP contribution in [0.1, 0.15) is 31.2 Å². The molecule has 0 heterocycles. The lowest BCUT2D eigenvalue weighted by molar-refractivity contribution is -0.123. The topological polar surface area (TPSA) is 17.1 Å². The number of rotatable bonds is 2. The monoisotopic (exact) mass is 192 g/mol. The third-order valence-electron chi connectivity index (χ3n) is 3.06. The van der Waals surface area contributed by atoms with E-state index in [2.05, 4.69) is 0 Å². The highest BCUT2D eigenvalue weighted by Gasteiger charge is 2.34. The molecule has 1 fully saturated rings. The summed E-state index contributed by atoms with van der Waals surface area (Å²) in [6.07, 6.45) is 1.63. The fourth-order valence-electron chi connectivity index (χ4n) is 2.01. The van der Waals surface area contributed by atoms with Gasteiger partial charge in [0.15, 0.2) is 0 Å². The predicted molar refractivity (Wildman–Crippen MR) is 52.5 cm³/mol. The minimum absolute atomic E-state index is 0.139. The minimum atomic E-state index is -0.139. The molecule has 0 atom stereocenters. The minimum Gasteiger partial charge on any atom is -0.300 e. The van der Waals surface area contributed by atoms with Gasteiger partial charge in [-0.3, -0.25) is 4.79 Å². The Bertz CT molecular complexity index is 353. The summed E-state index contributed by atoms with van der Waals surface area (Å²) >= 11 is 0. The van der Waals surface area contributed by atoms with Gasteiger partial charge in [-0.2, -0.15) is 0 Å². The first-order valence-electron chi connectivity index (χ1n) is 4.93. The zero-order valence-electron chi connectivity index (χ0n) is 8.16. The Morgan fingerprint density at radius 3 is 2.57 bits per heavy atom. The van der Waals surface area contributed by atoms with E-state index in [0.717, 1.165) is 18.4 Å². The van der Waals surface area contributed by atoms with Crippen LogP contribution in [0.25, 0.3) is 0 Å². The summed E-state index contributed by atoms with van der Waals surface area (Å²) in [5.74, 6) is 0.516. The van der Waals surface area contributed by atoms with Crippen molar-refractivity contribution >= 4 is 5.78 Å². The summed E-state index contributed by atoms with van der Waals surface area (Å²) in [5.41, 5.74) is 0.769. The maximum Gasteiger partial charge on any atom is 0.132 e. The average Bonchev–Trinajstić information content (AvgIpc) is 2.05. The molecule has 0 aromatic heterocycles. The van der Waals surface area contributed by atoms with Crippen LogP contribution in [0, 0.1) is 11.7 Å². The van der Waals surface area contributed by atoms with Crippen LogP contribution < -0.4 is 0 Å². The number of benzene rings is 1. The molecule has 2 rings (SSSR count). The smallest absolute Gasteiger partial charge is 0.132 e. The van der Waals surface area contributed by atoms with Gasteiger partial charge < -0.3 is 0 Å². The van der Waals surface area contributed by atoms with Gasteiger partial charge in [-0.05, 0) is 37.3 Å². The second-order valence-electron chi connectivity index (χ2n) is 4.00. The molecule has 1 nitrogen and oxygen atoms in total. The lowest BCUT2D eigenvalue weighted by Crippen LogP contribution is -2.27. The molecule has 1 aliphatic carbocycles. The molecule has 14 heavy (non-hydrogen) atoms. The van der Waals surface area contributed by atoms with Gasteiger partial charge in [-0.25, -0.2) is 4.39 Å². The molecular weight excluding hydrogens is 179 g/mol. The molecule has 0 N–H and O–H groups in total. The van der Waals surface area contributed by atoms with Gasteiger partial charge in [0, 0.05) is 5.92 Å². The van der Waals surface area contributed by atoms with Crippen LogP contribution in [-0.2, 0) is 4.79 Å². The van der Waals surface area contributed by atoms with E-state index >= 15 is 0 Å². The van der Waals surface area contributed by atoms with Crippen LogP contribution in [0.2, 0.25) is 0 Å². The molecule has 74 valence electrons. The molecule has 0 saturated heterocycles. The Morgan fingerprint density at radius 2 is 2.00 bits per heavy atom. The van der Waals surface area contributed by atoms with Crippen molar-refractivity contribution in [2.45, 2.75) is 25.7 Å². The van der Waals surface area contributed by atoms with E-state index in [1.165, 1.54) is 6.07 Å². The van der Waals surface area contributed by atoms with Gasteiger partial charge in [0.1, 0.15) is 11.6 Å². The van der Waals surface area contributed by atoms with Crippen LogP contribution >= 0.6 is 0 Å². The van der Waals surface area contributed by atoms with Gasteiger partial charge in [0.2, 0.25) is 0 Å². The van der Waals surface area contributed by atoms with E-state index in [0.29, 0.717) is 0 Å². The van der Waals surface area contributed by atoms with Gasteiger partial charge >= 0.3 is 0 Å². The molecule has 1 aromatic rings. The zero-order chi connectivity index (χ0) is 10.1. The van der Waals surface area contributed by atoms with Crippen LogP contribution in [0.5, 0.6) is 0 Å². The molecule has 0 aliphatic heterocycles. The van der Waals surface area contributed by atoms with E-state index in [1.807, 2.05) is 12.1 Å². The largest absolute Gasteiger partial charge is 0.300 e. The number of hydrogen-bond donors (Lipinski definition) is 0.